The van der Waals surface area contributed by atoms with Crippen LogP contribution in [0, 0.1) is 11.6 Å². The summed E-state index contributed by atoms with van der Waals surface area (Å²) in [5.74, 6) is -2.30. The molecule has 1 aromatic carbocycles. The molecule has 1 saturated heterocycles. The van der Waals surface area contributed by atoms with E-state index in [1.807, 2.05) is 0 Å². The molecule has 2 aromatic heterocycles. The highest BCUT2D eigenvalue weighted by atomic mass is 32.1. The van der Waals surface area contributed by atoms with Gasteiger partial charge in [-0.25, -0.2) is 27.2 Å². The van der Waals surface area contributed by atoms with Gasteiger partial charge >= 0.3 is 0 Å². The van der Waals surface area contributed by atoms with Crippen LogP contribution >= 0.6 is 11.3 Å². The number of nitrogens with one attached hydrogen (secondary N) is 1. The average molecular weight is 514 g/mol. The van der Waals surface area contributed by atoms with Gasteiger partial charge < -0.3 is 26.8 Å². The minimum absolute atomic E-state index is 0.0782. The van der Waals surface area contributed by atoms with E-state index in [1.54, 1.807) is 4.90 Å². The zero-order valence-corrected chi connectivity index (χ0v) is 19.1. The summed E-state index contributed by atoms with van der Waals surface area (Å²) in [7, 11) is 0. The first-order valence-electron chi connectivity index (χ1n) is 10.7. The van der Waals surface area contributed by atoms with E-state index in [-0.39, 0.29) is 27.2 Å². The second-order valence-corrected chi connectivity index (χ2v) is 9.06. The highest BCUT2D eigenvalue weighted by molar-refractivity contribution is 7.19. The predicted molar refractivity (Wildman–Crippen MR) is 123 cm³/mol. The number of aliphatic hydroxyl groups excluding tert-OH is 1. The fraction of sp³-hybridized carbons (Fsp3) is 0.381. The van der Waals surface area contributed by atoms with E-state index < -0.39 is 48.2 Å². The average Bonchev–Trinajstić information content (AvgIpc) is 3.31. The number of thiazole rings is 1. The lowest BCUT2D eigenvalue weighted by atomic mass is 10.1. The Hall–Kier alpha value is -3.23. The van der Waals surface area contributed by atoms with Crippen LogP contribution in [0.2, 0.25) is 0 Å². The number of nitrogen functional groups attached to an aromatic ring is 1. The Balaban J connectivity index is 1.64. The van der Waals surface area contributed by atoms with E-state index >= 15 is 0 Å². The molecule has 2 atom stereocenters. The molecular formula is C21H23F4N7O2S. The maximum atomic E-state index is 14.2. The summed E-state index contributed by atoms with van der Waals surface area (Å²) in [4.78, 5) is 18.7. The number of benzene rings is 1. The lowest BCUT2D eigenvalue weighted by Gasteiger charge is -2.25. The molecular weight excluding hydrogens is 490 g/mol. The highest BCUT2D eigenvalue weighted by Gasteiger charge is 2.28. The third kappa shape index (κ3) is 5.23. The molecule has 14 heteroatoms. The van der Waals surface area contributed by atoms with Gasteiger partial charge in [0.25, 0.3) is 12.3 Å². The normalized spacial score (nSPS) is 18.7. The van der Waals surface area contributed by atoms with Crippen molar-refractivity contribution in [2.24, 2.45) is 5.73 Å². The van der Waals surface area contributed by atoms with E-state index in [0.717, 1.165) is 28.2 Å². The van der Waals surface area contributed by atoms with E-state index in [9.17, 15) is 27.5 Å². The van der Waals surface area contributed by atoms with Gasteiger partial charge in [-0.1, -0.05) is 17.4 Å². The minimum atomic E-state index is -2.70. The summed E-state index contributed by atoms with van der Waals surface area (Å²) >= 11 is 0.738. The van der Waals surface area contributed by atoms with Crippen LogP contribution < -0.4 is 21.7 Å². The van der Waals surface area contributed by atoms with Gasteiger partial charge in [0.15, 0.2) is 11.5 Å². The lowest BCUT2D eigenvalue weighted by Crippen LogP contribution is -2.34. The summed E-state index contributed by atoms with van der Waals surface area (Å²) in [5.41, 5.74) is 11.3. The zero-order chi connectivity index (χ0) is 25.3. The van der Waals surface area contributed by atoms with Crippen molar-refractivity contribution in [1.82, 2.24) is 14.8 Å². The molecule has 0 unspecified atom stereocenters. The molecule has 0 aliphatic carbocycles. The number of carbonyl (C=O) groups excluding carboxylic acids is 1. The Kier molecular flexibility index (Phi) is 7.23. The Bertz CT molecular complexity index is 1190. The molecule has 1 aliphatic heterocycles. The van der Waals surface area contributed by atoms with E-state index in [4.69, 9.17) is 11.5 Å². The Morgan fingerprint density at radius 3 is 2.63 bits per heavy atom. The molecule has 6 N–H and O–H groups in total. The highest BCUT2D eigenvalue weighted by Crippen LogP contribution is 2.35. The summed E-state index contributed by atoms with van der Waals surface area (Å²) in [6.45, 7) is -0.0837. The van der Waals surface area contributed by atoms with Crippen molar-refractivity contribution in [3.8, 4) is 10.6 Å². The number of halogens is 4. The number of nitrogens with two attached hydrogens (primary N) is 2. The number of nitrogens with zero attached hydrogens (tertiary/aromatic N) is 4. The summed E-state index contributed by atoms with van der Waals surface area (Å²) in [6, 6.07) is 2.84. The molecule has 1 amide bonds. The van der Waals surface area contributed by atoms with Crippen LogP contribution in [0.15, 0.2) is 24.4 Å². The topological polar surface area (TPSA) is 135 Å². The monoisotopic (exact) mass is 513 g/mol. The number of aromatic nitrogens is 3. The van der Waals surface area contributed by atoms with Crippen molar-refractivity contribution >= 4 is 33.8 Å². The van der Waals surface area contributed by atoms with Gasteiger partial charge in [0, 0.05) is 19.1 Å². The largest absolute Gasteiger partial charge is 0.391 e. The van der Waals surface area contributed by atoms with Crippen LogP contribution in [0.1, 0.15) is 23.3 Å². The van der Waals surface area contributed by atoms with Gasteiger partial charge in [-0.3, -0.25) is 4.79 Å². The SMILES string of the molecule is Nc1sc(-c2c(F)cccc2F)nc1C(=O)Nc1cnn(CC(F)F)c1N1CC[C@@H](O)[C@@H](N)CC1. The van der Waals surface area contributed by atoms with Gasteiger partial charge in [0.2, 0.25) is 0 Å². The van der Waals surface area contributed by atoms with E-state index in [1.165, 1.54) is 12.3 Å². The van der Waals surface area contributed by atoms with Gasteiger partial charge in [-0.05, 0) is 25.0 Å². The first-order valence-corrected chi connectivity index (χ1v) is 11.5. The molecule has 1 aliphatic rings. The van der Waals surface area contributed by atoms with Gasteiger partial charge in [0.1, 0.15) is 33.9 Å². The van der Waals surface area contributed by atoms with E-state index in [2.05, 4.69) is 15.4 Å². The van der Waals surface area contributed by atoms with Crippen molar-refractivity contribution in [2.75, 3.05) is 29.0 Å². The summed E-state index contributed by atoms with van der Waals surface area (Å²) in [5, 5.41) is 16.4. The third-order valence-corrected chi connectivity index (χ3v) is 6.54. The first-order chi connectivity index (χ1) is 16.7. The number of aliphatic hydroxyl groups is 1. The van der Waals surface area contributed by atoms with E-state index in [0.29, 0.717) is 25.9 Å². The summed E-state index contributed by atoms with van der Waals surface area (Å²) in [6.07, 6.45) is -1.55. The predicted octanol–water partition coefficient (Wildman–Crippen LogP) is 2.67. The Morgan fingerprint density at radius 2 is 1.94 bits per heavy atom. The third-order valence-electron chi connectivity index (χ3n) is 5.64. The van der Waals surface area contributed by atoms with Crippen LogP contribution in [0.25, 0.3) is 10.6 Å². The van der Waals surface area contributed by atoms with Crippen LogP contribution in [-0.4, -0.2) is 57.4 Å². The van der Waals surface area contributed by atoms with Crippen LogP contribution in [-0.2, 0) is 6.54 Å². The lowest BCUT2D eigenvalue weighted by molar-refractivity contribution is 0.102. The standard InChI is InChI=1S/C21H23F4N7O2S/c22-10-2-1-3-11(23)16(10)20-30-17(18(27)35-20)19(34)29-13-8-28-32(9-15(24)25)21(13)31-6-4-12(26)14(33)5-7-31/h1-3,8,12,14-15,33H,4-7,9,26-27H2,(H,29,34)/t12-,14+/m0/s1. The minimum Gasteiger partial charge on any atom is -0.391 e. The number of hydrogen-bond donors (Lipinski definition) is 4. The number of carbonyl (C=O) groups is 1. The molecule has 1 fully saturated rings. The molecule has 0 radical (unpaired) electrons. The second-order valence-electron chi connectivity index (χ2n) is 8.03. The molecule has 9 nitrogen and oxygen atoms in total. The maximum Gasteiger partial charge on any atom is 0.277 e. The van der Waals surface area contributed by atoms with Crippen molar-refractivity contribution in [3.63, 3.8) is 0 Å². The maximum absolute atomic E-state index is 14.2. The van der Waals surface area contributed by atoms with Crippen molar-refractivity contribution in [3.05, 3.63) is 41.7 Å². The number of anilines is 3. The first kappa shape index (κ1) is 24.9. The Labute approximate surface area is 201 Å². The molecule has 3 aromatic rings. The van der Waals surface area contributed by atoms with Crippen LogP contribution in [0.4, 0.5) is 34.1 Å². The molecule has 188 valence electrons. The number of rotatable bonds is 6. The Morgan fingerprint density at radius 1 is 1.26 bits per heavy atom. The zero-order valence-electron chi connectivity index (χ0n) is 18.3. The van der Waals surface area contributed by atoms with Gasteiger partial charge in [-0.2, -0.15) is 5.10 Å². The molecule has 0 saturated carbocycles. The molecule has 35 heavy (non-hydrogen) atoms. The molecule has 4 rings (SSSR count). The molecule has 0 spiro atoms. The van der Waals surface area contributed by atoms with Crippen molar-refractivity contribution in [1.29, 1.82) is 0 Å². The fourth-order valence-corrected chi connectivity index (χ4v) is 4.75. The smallest absolute Gasteiger partial charge is 0.277 e. The summed E-state index contributed by atoms with van der Waals surface area (Å²) < 4.78 is 55.7. The quantitative estimate of drug-likeness (QED) is 0.372. The number of hydrogen-bond acceptors (Lipinski definition) is 8. The van der Waals surface area contributed by atoms with Gasteiger partial charge in [-0.15, -0.1) is 0 Å². The van der Waals surface area contributed by atoms with Crippen molar-refractivity contribution in [2.45, 2.75) is 38.0 Å². The fourth-order valence-electron chi connectivity index (χ4n) is 3.87. The van der Waals surface area contributed by atoms with Gasteiger partial charge in [0.05, 0.1) is 17.9 Å². The number of amides is 1. The molecule has 3 heterocycles. The second kappa shape index (κ2) is 10.2. The van der Waals surface area contributed by atoms with Crippen molar-refractivity contribution < 1.29 is 27.5 Å². The number of alkyl halides is 2. The molecule has 0 bridgehead atoms. The van der Waals surface area contributed by atoms with Crippen LogP contribution in [0.5, 0.6) is 0 Å². The van der Waals surface area contributed by atoms with Crippen LogP contribution in [0.3, 0.4) is 0 Å².